The molecule has 14 heteroatoms. The zero-order valence-electron chi connectivity index (χ0n) is 27.2. The van der Waals surface area contributed by atoms with E-state index in [0.29, 0.717) is 5.75 Å². The Labute approximate surface area is 281 Å². The summed E-state index contributed by atoms with van der Waals surface area (Å²) < 4.78 is 22.6. The van der Waals surface area contributed by atoms with Crippen molar-refractivity contribution in [3.63, 3.8) is 0 Å². The fraction of sp³-hybridized carbons (Fsp3) is 0.371. The number of phenolic OH excluding ortho intramolecular Hbond substituents is 2. The van der Waals surface area contributed by atoms with E-state index in [4.69, 9.17) is 24.7 Å². The molecule has 0 aromatic heterocycles. The number of hydrogen-bond acceptors (Lipinski definition) is 13. The number of ketones is 2. The van der Waals surface area contributed by atoms with Crippen molar-refractivity contribution in [2.75, 3.05) is 14.2 Å². The van der Waals surface area contributed by atoms with Crippen LogP contribution in [0.25, 0.3) is 0 Å². The van der Waals surface area contributed by atoms with Gasteiger partial charge in [0.25, 0.3) is 5.91 Å². The molecule has 2 aliphatic carbocycles. The Bertz CT molecular complexity index is 1860. The molecule has 49 heavy (non-hydrogen) atoms. The maximum absolute atomic E-state index is 13.9. The molecular formula is C35H37N3O11. The first-order valence-corrected chi connectivity index (χ1v) is 15.6. The number of ether oxygens (including phenoxy) is 4. The minimum Gasteiger partial charge on any atom is -0.507 e. The molecule has 0 saturated carbocycles. The Kier molecular flexibility index (Phi) is 8.94. The number of carbonyl (C=O) groups excluding carboxylic acids is 3. The number of phenols is 2. The van der Waals surface area contributed by atoms with Crippen molar-refractivity contribution in [3.8, 4) is 23.0 Å². The average molecular weight is 676 g/mol. The van der Waals surface area contributed by atoms with Gasteiger partial charge in [-0.2, -0.15) is 5.10 Å². The summed E-state index contributed by atoms with van der Waals surface area (Å²) in [6.07, 6.45) is -4.60. The summed E-state index contributed by atoms with van der Waals surface area (Å²) in [5, 5.41) is 50.1. The van der Waals surface area contributed by atoms with Gasteiger partial charge in [0, 0.05) is 47.6 Å². The van der Waals surface area contributed by atoms with Crippen molar-refractivity contribution in [2.24, 2.45) is 10.8 Å². The van der Waals surface area contributed by atoms with Crippen LogP contribution in [0.1, 0.15) is 86.1 Å². The molecule has 14 nitrogen and oxygen atoms in total. The largest absolute Gasteiger partial charge is 0.507 e. The van der Waals surface area contributed by atoms with E-state index in [0.717, 1.165) is 0 Å². The average Bonchev–Trinajstić information content (AvgIpc) is 3.09. The molecule has 1 amide bonds. The molecule has 3 aromatic carbocycles. The van der Waals surface area contributed by atoms with Gasteiger partial charge in [0.2, 0.25) is 5.78 Å². The van der Waals surface area contributed by atoms with Crippen LogP contribution < -0.4 is 20.6 Å². The molecule has 258 valence electrons. The van der Waals surface area contributed by atoms with Crippen LogP contribution in [-0.4, -0.2) is 88.0 Å². The number of nitrogens with zero attached hydrogens (tertiary/aromatic N) is 1. The summed E-state index contributed by atoms with van der Waals surface area (Å²) in [6, 6.07) is 10.0. The zero-order valence-corrected chi connectivity index (χ0v) is 27.2. The highest BCUT2D eigenvalue weighted by Gasteiger charge is 2.49. The van der Waals surface area contributed by atoms with Crippen molar-refractivity contribution in [3.05, 3.63) is 81.4 Å². The molecular weight excluding hydrogens is 638 g/mol. The topological polar surface area (TPSA) is 219 Å². The highest BCUT2D eigenvalue weighted by Crippen LogP contribution is 2.52. The summed E-state index contributed by atoms with van der Waals surface area (Å²) in [7, 11) is 2.84. The van der Waals surface area contributed by atoms with Crippen molar-refractivity contribution in [1.82, 2.24) is 5.43 Å². The molecule has 1 saturated heterocycles. The van der Waals surface area contributed by atoms with Gasteiger partial charge in [-0.3, -0.25) is 14.4 Å². The van der Waals surface area contributed by atoms with Crippen LogP contribution in [0.4, 0.5) is 0 Å². The number of methoxy groups -OCH3 is 2. The first-order valence-electron chi connectivity index (χ1n) is 15.6. The molecule has 1 fully saturated rings. The van der Waals surface area contributed by atoms with E-state index in [2.05, 4.69) is 10.5 Å². The van der Waals surface area contributed by atoms with Gasteiger partial charge in [-0.25, -0.2) is 5.43 Å². The molecule has 6 rings (SSSR count). The molecule has 6 unspecified atom stereocenters. The first kappa shape index (κ1) is 34.0. The molecule has 0 spiro atoms. The third kappa shape index (κ3) is 5.81. The lowest BCUT2D eigenvalue weighted by molar-refractivity contribution is -0.245. The third-order valence-corrected chi connectivity index (χ3v) is 9.49. The van der Waals surface area contributed by atoms with E-state index < -0.39 is 76.3 Å². The van der Waals surface area contributed by atoms with E-state index in [1.165, 1.54) is 51.5 Å². The fourth-order valence-corrected chi connectivity index (χ4v) is 6.71. The van der Waals surface area contributed by atoms with E-state index in [1.807, 2.05) is 0 Å². The predicted molar refractivity (Wildman–Crippen MR) is 173 cm³/mol. The van der Waals surface area contributed by atoms with Crippen LogP contribution in [0.15, 0.2) is 47.6 Å². The summed E-state index contributed by atoms with van der Waals surface area (Å²) in [6.45, 7) is 3.08. The molecule has 7 N–H and O–H groups in total. The van der Waals surface area contributed by atoms with Gasteiger partial charge in [0.1, 0.15) is 28.6 Å². The number of fused-ring (bicyclic) bond motifs is 3. The zero-order chi connectivity index (χ0) is 35.4. The number of hydrogen-bond donors (Lipinski definition) is 6. The minimum absolute atomic E-state index is 0.0211. The number of hydrazone groups is 1. The molecule has 0 bridgehead atoms. The Hall–Kier alpha value is -4.86. The maximum Gasteiger partial charge on any atom is 0.271 e. The Balaban J connectivity index is 1.43. The molecule has 6 atom stereocenters. The Morgan fingerprint density at radius 3 is 2.37 bits per heavy atom. The van der Waals surface area contributed by atoms with Crippen molar-refractivity contribution in [1.29, 1.82) is 0 Å². The summed E-state index contributed by atoms with van der Waals surface area (Å²) >= 11 is 0. The van der Waals surface area contributed by atoms with E-state index in [-0.39, 0.29) is 58.5 Å². The first-order chi connectivity index (χ1) is 23.3. The SMILES string of the molecule is COc1ccc(C(=O)NN=C(C)C2(O)Cc3c(O)c4c(c(O)c3C(OC3CC(N)C(O)C(C)O3)C2)C(=O)c2c(OC)cccc2C4=O)cc1. The fourth-order valence-electron chi connectivity index (χ4n) is 6.71. The number of aliphatic hydroxyl groups is 2. The van der Waals surface area contributed by atoms with Crippen LogP contribution >= 0.6 is 0 Å². The van der Waals surface area contributed by atoms with Gasteiger partial charge in [-0.05, 0) is 44.2 Å². The van der Waals surface area contributed by atoms with E-state index in [9.17, 15) is 34.8 Å². The summed E-state index contributed by atoms with van der Waals surface area (Å²) in [5.74, 6) is -2.62. The van der Waals surface area contributed by atoms with Gasteiger partial charge in [0.05, 0.1) is 54.9 Å². The second-order valence-corrected chi connectivity index (χ2v) is 12.4. The number of carbonyl (C=O) groups is 3. The summed E-state index contributed by atoms with van der Waals surface area (Å²) in [4.78, 5) is 40.6. The molecule has 1 heterocycles. The van der Waals surface area contributed by atoms with Crippen LogP contribution in [0.2, 0.25) is 0 Å². The molecule has 3 aliphatic rings. The quantitative estimate of drug-likeness (QED) is 0.0944. The smallest absolute Gasteiger partial charge is 0.271 e. The van der Waals surface area contributed by atoms with Gasteiger partial charge in [0.15, 0.2) is 12.1 Å². The van der Waals surface area contributed by atoms with Crippen molar-refractivity contribution in [2.45, 2.75) is 69.4 Å². The Morgan fingerprint density at radius 1 is 1.02 bits per heavy atom. The summed E-state index contributed by atoms with van der Waals surface area (Å²) in [5.41, 5.74) is 5.89. The number of nitrogens with one attached hydrogen (secondary N) is 1. The van der Waals surface area contributed by atoms with Gasteiger partial charge >= 0.3 is 0 Å². The normalized spacial score (nSPS) is 26.3. The minimum atomic E-state index is -1.91. The van der Waals surface area contributed by atoms with Gasteiger partial charge < -0.3 is 45.1 Å². The van der Waals surface area contributed by atoms with E-state index in [1.54, 1.807) is 19.1 Å². The second-order valence-electron chi connectivity index (χ2n) is 12.4. The monoisotopic (exact) mass is 675 g/mol. The van der Waals surface area contributed by atoms with Crippen LogP contribution in [0.3, 0.4) is 0 Å². The van der Waals surface area contributed by atoms with Crippen LogP contribution in [-0.2, 0) is 15.9 Å². The highest BCUT2D eigenvalue weighted by atomic mass is 16.7. The number of aliphatic hydroxyl groups excluding tert-OH is 1. The number of amides is 1. The Morgan fingerprint density at radius 2 is 1.71 bits per heavy atom. The van der Waals surface area contributed by atoms with Crippen LogP contribution in [0, 0.1) is 0 Å². The van der Waals surface area contributed by atoms with E-state index >= 15 is 0 Å². The van der Waals surface area contributed by atoms with Gasteiger partial charge in [-0.15, -0.1) is 0 Å². The van der Waals surface area contributed by atoms with Gasteiger partial charge in [-0.1, -0.05) is 12.1 Å². The standard InChI is InChI=1S/C35H37N3O11/c1-15-29(39)21(36)12-24(48-15)49-23-14-35(45,16(2)37-38-34(44)17-8-10-18(46-3)11-9-17)13-20-26(23)33(43)28-27(31(20)41)30(40)19-6-5-7-22(47-4)25(19)32(28)42/h5-11,15,21,23-24,29,39,41,43,45H,12-14,36H2,1-4H3,(H,38,44). The number of aromatic hydroxyl groups is 2. The maximum atomic E-state index is 13.9. The third-order valence-electron chi connectivity index (χ3n) is 9.49. The predicted octanol–water partition coefficient (Wildman–Crippen LogP) is 2.25. The molecule has 0 radical (unpaired) electrons. The van der Waals surface area contributed by atoms with Crippen molar-refractivity contribution < 1.29 is 53.8 Å². The lowest BCUT2D eigenvalue weighted by Crippen LogP contribution is -2.52. The molecule has 3 aromatic rings. The van der Waals surface area contributed by atoms with Crippen molar-refractivity contribution >= 4 is 23.2 Å². The second kappa shape index (κ2) is 12.9. The number of rotatable bonds is 7. The number of nitrogens with two attached hydrogens (primary N) is 1. The lowest BCUT2D eigenvalue weighted by Gasteiger charge is -2.42. The number of benzene rings is 3. The lowest BCUT2D eigenvalue weighted by atomic mass is 9.71. The highest BCUT2D eigenvalue weighted by molar-refractivity contribution is 6.31. The molecule has 1 aliphatic heterocycles. The van der Waals surface area contributed by atoms with Crippen LogP contribution in [0.5, 0.6) is 23.0 Å².